The van der Waals surface area contributed by atoms with E-state index >= 15 is 8.78 Å². The minimum Gasteiger partial charge on any atom is -0.468 e. The maximum absolute atomic E-state index is 18.1. The van der Waals surface area contributed by atoms with Gasteiger partial charge in [-0.15, -0.1) is 5.54 Å². The fraction of sp³-hybridized carbons (Fsp3) is 0.611. The number of methoxy groups -OCH3 is 1. The lowest BCUT2D eigenvalue weighted by atomic mass is 9.92. The van der Waals surface area contributed by atoms with Crippen molar-refractivity contribution in [1.29, 1.82) is 0 Å². The molecule has 2 aliphatic carbocycles. The number of aromatic nitrogens is 2. The molecule has 2 bridgehead atoms. The first-order valence-corrected chi connectivity index (χ1v) is 27.2. The number of fused-ring (bicyclic) bond motifs is 4. The van der Waals surface area contributed by atoms with Crippen molar-refractivity contribution in [3.05, 3.63) is 53.6 Å². The predicted octanol–water partition coefficient (Wildman–Crippen LogP) is 12.1. The Balaban J connectivity index is 1.14. The van der Waals surface area contributed by atoms with Gasteiger partial charge in [0.15, 0.2) is 12.6 Å². The van der Waals surface area contributed by atoms with E-state index in [4.69, 9.17) is 28.9 Å². The average Bonchev–Trinajstić information content (AvgIpc) is 4.13. The number of rotatable bonds is 13. The van der Waals surface area contributed by atoms with Crippen molar-refractivity contribution in [2.45, 2.75) is 147 Å². The number of carbonyl (C=O) groups is 1. The van der Waals surface area contributed by atoms with Crippen LogP contribution in [0.2, 0.25) is 16.6 Å². The summed E-state index contributed by atoms with van der Waals surface area (Å²) in [6.07, 6.45) is 3.83. The van der Waals surface area contributed by atoms with Crippen LogP contribution in [-0.2, 0) is 9.47 Å². The highest BCUT2D eigenvalue weighted by Crippen LogP contribution is 2.66. The molecule has 3 aliphatic heterocycles. The van der Waals surface area contributed by atoms with Gasteiger partial charge in [-0.2, -0.15) is 9.97 Å². The van der Waals surface area contributed by atoms with E-state index in [9.17, 15) is 13.6 Å². The van der Waals surface area contributed by atoms with E-state index in [0.717, 1.165) is 25.7 Å². The van der Waals surface area contributed by atoms with Crippen molar-refractivity contribution >= 4 is 41.7 Å². The molecule has 0 N–H and O–H groups in total. The number of ether oxygens (including phenoxy) is 4. The number of piperazine rings is 1. The molecule has 2 saturated carbocycles. The summed E-state index contributed by atoms with van der Waals surface area (Å²) in [4.78, 5) is 29.3. The van der Waals surface area contributed by atoms with Crippen LogP contribution in [0.25, 0.3) is 32.8 Å². The molecule has 3 aromatic carbocycles. The standard InChI is InChI=1S/C54H69F4N5O5Si/c1-33(2)69(34(3)4,35(5)6)23-16-36-12-11-13-37-24-40(67-32-65-10)25-41(44(36)37)45-43(55)26-42-47(46(45)56)59-49(66-31-52(17-18-52)30-61-21-19-53(20-22-61)29-54(53,57)58)60-48(42)62-27-38-14-15-39(28-62)63(38)50(64)68-51(7,8)9/h11-13,24-26,33-35,38-39H,14-15,17-22,27-32H2,1-10H3. The summed E-state index contributed by atoms with van der Waals surface area (Å²) in [6.45, 7) is 21.9. The first-order chi connectivity index (χ1) is 32.6. The van der Waals surface area contributed by atoms with E-state index in [1.807, 2.05) is 54.8 Å². The molecule has 69 heavy (non-hydrogen) atoms. The Kier molecular flexibility index (Phi) is 13.0. The molecule has 5 fully saturated rings. The third-order valence-corrected chi connectivity index (χ3v) is 22.4. The minimum absolute atomic E-state index is 0.0150. The second kappa shape index (κ2) is 18.2. The SMILES string of the molecule is COCOc1cc(-c2c(F)cc3c(N4CC5CCC(C4)N5C(=O)OC(C)(C)C)nc(OCC4(CN5CCC6(CC5)CC6(F)F)CC4)nc3c2F)c2c(C#C[Si](C(C)C)(C(C)C)C(C)C)cccc2c1. The van der Waals surface area contributed by atoms with Crippen molar-refractivity contribution in [3.8, 4) is 34.4 Å². The average molecular weight is 972 g/mol. The summed E-state index contributed by atoms with van der Waals surface area (Å²) in [7, 11) is -0.709. The molecule has 1 amide bonds. The Morgan fingerprint density at radius 1 is 0.913 bits per heavy atom. The van der Waals surface area contributed by atoms with Crippen LogP contribution in [0, 0.1) is 33.9 Å². The van der Waals surface area contributed by atoms with E-state index in [2.05, 4.69) is 57.9 Å². The third-order valence-electron chi connectivity index (χ3n) is 16.1. The molecule has 372 valence electrons. The quantitative estimate of drug-likeness (QED) is 0.0562. The molecule has 1 spiro atoms. The maximum Gasteiger partial charge on any atom is 0.410 e. The molecule has 0 radical (unpaired) electrons. The Morgan fingerprint density at radius 3 is 2.14 bits per heavy atom. The van der Waals surface area contributed by atoms with Gasteiger partial charge >= 0.3 is 12.1 Å². The van der Waals surface area contributed by atoms with Crippen molar-refractivity contribution in [3.63, 3.8) is 0 Å². The summed E-state index contributed by atoms with van der Waals surface area (Å²) in [5, 5.41) is 1.48. The molecular weight excluding hydrogens is 903 g/mol. The normalized spacial score (nSPS) is 21.6. The number of benzene rings is 3. The maximum atomic E-state index is 18.1. The van der Waals surface area contributed by atoms with Gasteiger partial charge in [0.25, 0.3) is 5.92 Å². The van der Waals surface area contributed by atoms with Crippen LogP contribution in [0.1, 0.15) is 113 Å². The van der Waals surface area contributed by atoms with Gasteiger partial charge in [0, 0.05) is 65.9 Å². The number of hydrogen-bond acceptors (Lipinski definition) is 9. The smallest absolute Gasteiger partial charge is 0.410 e. The van der Waals surface area contributed by atoms with Crippen molar-refractivity contribution in [2.24, 2.45) is 10.8 Å². The minimum atomic E-state index is -2.56. The monoisotopic (exact) mass is 972 g/mol. The van der Waals surface area contributed by atoms with E-state index in [-0.39, 0.29) is 71.5 Å². The van der Waals surface area contributed by atoms with Gasteiger partial charge in [-0.3, -0.25) is 4.90 Å². The summed E-state index contributed by atoms with van der Waals surface area (Å²) < 4.78 is 87.4. The molecule has 2 unspecified atom stereocenters. The highest BCUT2D eigenvalue weighted by Gasteiger charge is 2.70. The number of amides is 1. The first-order valence-electron chi connectivity index (χ1n) is 25.0. The van der Waals surface area contributed by atoms with Crippen molar-refractivity contribution in [2.75, 3.05) is 58.1 Å². The Morgan fingerprint density at radius 2 is 1.57 bits per heavy atom. The van der Waals surface area contributed by atoms with Gasteiger partial charge < -0.3 is 28.7 Å². The van der Waals surface area contributed by atoms with E-state index in [1.165, 1.54) is 13.2 Å². The van der Waals surface area contributed by atoms with Gasteiger partial charge in [0.1, 0.15) is 36.6 Å². The zero-order valence-corrected chi connectivity index (χ0v) is 43.0. The Bertz CT molecular complexity index is 2650. The molecule has 10 nitrogen and oxygen atoms in total. The van der Waals surface area contributed by atoms with Crippen molar-refractivity contribution in [1.82, 2.24) is 19.8 Å². The zero-order valence-electron chi connectivity index (χ0n) is 42.0. The van der Waals surface area contributed by atoms with Gasteiger partial charge in [0.05, 0.1) is 24.3 Å². The Hall–Kier alpha value is -4.65. The van der Waals surface area contributed by atoms with Crippen LogP contribution >= 0.6 is 0 Å². The number of halogens is 4. The molecule has 2 atom stereocenters. The summed E-state index contributed by atoms with van der Waals surface area (Å²) in [5.74, 6) is 0.0238. The topological polar surface area (TPSA) is 89.5 Å². The zero-order chi connectivity index (χ0) is 49.4. The summed E-state index contributed by atoms with van der Waals surface area (Å²) in [6, 6.07) is 10.1. The molecule has 4 heterocycles. The molecule has 3 saturated heterocycles. The number of carbonyl (C=O) groups excluding carboxylic acids is 1. The second-order valence-corrected chi connectivity index (χ2v) is 28.3. The van der Waals surface area contributed by atoms with Crippen molar-refractivity contribution < 1.29 is 41.3 Å². The lowest BCUT2D eigenvalue weighted by molar-refractivity contribution is 0.0122. The number of hydrogen-bond donors (Lipinski definition) is 0. The van der Waals surface area contributed by atoms with Crippen LogP contribution < -0.4 is 14.4 Å². The molecule has 15 heteroatoms. The highest BCUT2D eigenvalue weighted by molar-refractivity contribution is 6.90. The number of likely N-dealkylation sites (tertiary alicyclic amines) is 1. The summed E-state index contributed by atoms with van der Waals surface area (Å²) >= 11 is 0. The van der Waals surface area contributed by atoms with E-state index < -0.39 is 36.6 Å². The number of nitrogens with zero attached hydrogens (tertiary/aromatic N) is 5. The summed E-state index contributed by atoms with van der Waals surface area (Å²) in [5.41, 5.74) is 3.74. The first kappa shape index (κ1) is 49.3. The molecule has 5 aliphatic rings. The van der Waals surface area contributed by atoms with Gasteiger partial charge in [-0.05, 0) is 119 Å². The number of piperidine rings is 1. The molecule has 1 aromatic heterocycles. The number of alkyl halides is 2. The van der Waals surface area contributed by atoms with Crippen LogP contribution in [-0.4, -0.2) is 111 Å². The van der Waals surface area contributed by atoms with Gasteiger partial charge in [-0.1, -0.05) is 59.6 Å². The lowest BCUT2D eigenvalue weighted by Gasteiger charge is -2.42. The van der Waals surface area contributed by atoms with Crippen LogP contribution in [0.5, 0.6) is 11.8 Å². The van der Waals surface area contributed by atoms with Crippen LogP contribution in [0.15, 0.2) is 36.4 Å². The fourth-order valence-electron chi connectivity index (χ4n) is 12.2. The molecular formula is C54H69F4N5O5Si. The number of anilines is 1. The fourth-order valence-corrected chi connectivity index (χ4v) is 17.4. The van der Waals surface area contributed by atoms with Crippen LogP contribution in [0.4, 0.5) is 28.2 Å². The van der Waals surface area contributed by atoms with E-state index in [1.54, 1.807) is 6.07 Å². The van der Waals surface area contributed by atoms with Gasteiger partial charge in [-0.25, -0.2) is 22.4 Å². The van der Waals surface area contributed by atoms with E-state index in [0.29, 0.717) is 90.1 Å². The largest absolute Gasteiger partial charge is 0.468 e. The van der Waals surface area contributed by atoms with Crippen LogP contribution in [0.3, 0.4) is 0 Å². The molecule has 4 aromatic rings. The predicted molar refractivity (Wildman–Crippen MR) is 265 cm³/mol. The Labute approximate surface area is 405 Å². The third kappa shape index (κ3) is 9.27. The van der Waals surface area contributed by atoms with Gasteiger partial charge in [0.2, 0.25) is 0 Å². The molecule has 9 rings (SSSR count). The lowest BCUT2D eigenvalue weighted by Crippen LogP contribution is -2.57. The second-order valence-electron chi connectivity index (χ2n) is 22.7. The highest BCUT2D eigenvalue weighted by atomic mass is 28.3.